The van der Waals surface area contributed by atoms with Crippen molar-refractivity contribution in [2.75, 3.05) is 6.54 Å². The Bertz CT molecular complexity index is 178. The fourth-order valence-corrected chi connectivity index (χ4v) is 1.86. The van der Waals surface area contributed by atoms with Crippen LogP contribution in [0.25, 0.3) is 0 Å². The first-order valence-electron chi connectivity index (χ1n) is 7.43. The van der Waals surface area contributed by atoms with Gasteiger partial charge in [0.05, 0.1) is 0 Å². The maximum atomic E-state index is 11.3. The Kier molecular flexibility index (Phi) is 11.6. The zero-order valence-electron chi connectivity index (χ0n) is 12.1. The molecule has 0 aromatic heterocycles. The molecule has 2 heteroatoms. The molecule has 2 nitrogen and oxygen atoms in total. The van der Waals surface area contributed by atoms with Crippen LogP contribution < -0.4 is 5.32 Å². The van der Waals surface area contributed by atoms with E-state index in [1.165, 1.54) is 32.1 Å². The Morgan fingerprint density at radius 1 is 1.00 bits per heavy atom. The van der Waals surface area contributed by atoms with Crippen LogP contribution in [0.4, 0.5) is 0 Å². The third-order valence-electron chi connectivity index (χ3n) is 3.04. The molecule has 0 spiro atoms. The predicted octanol–water partition coefficient (Wildman–Crippen LogP) is 4.29. The Morgan fingerprint density at radius 2 is 1.65 bits per heavy atom. The molecule has 0 aliphatic rings. The molecule has 0 unspecified atom stereocenters. The van der Waals surface area contributed by atoms with Gasteiger partial charge in [-0.05, 0) is 18.8 Å². The molecule has 0 bridgehead atoms. The molecule has 0 atom stereocenters. The van der Waals surface area contributed by atoms with Crippen molar-refractivity contribution in [1.82, 2.24) is 5.32 Å². The van der Waals surface area contributed by atoms with E-state index in [1.807, 2.05) is 0 Å². The van der Waals surface area contributed by atoms with E-state index in [4.69, 9.17) is 0 Å². The van der Waals surface area contributed by atoms with E-state index in [1.54, 1.807) is 0 Å². The molecular formula is C15H31NO. The van der Waals surface area contributed by atoms with Gasteiger partial charge in [-0.1, -0.05) is 59.3 Å². The Morgan fingerprint density at radius 3 is 2.29 bits per heavy atom. The van der Waals surface area contributed by atoms with Crippen LogP contribution in [0, 0.1) is 5.92 Å². The van der Waals surface area contributed by atoms with Crippen LogP contribution in [-0.4, -0.2) is 12.5 Å². The molecule has 0 fully saturated rings. The molecule has 1 amide bonds. The molecule has 0 rings (SSSR count). The number of carbonyl (C=O) groups excluding carboxylic acids is 1. The third kappa shape index (κ3) is 13.4. The van der Waals surface area contributed by atoms with Crippen molar-refractivity contribution in [3.05, 3.63) is 0 Å². The SMILES string of the molecule is CCCCC(=O)NCCCCCCCC(C)C. The molecule has 0 saturated carbocycles. The van der Waals surface area contributed by atoms with Gasteiger partial charge in [-0.2, -0.15) is 0 Å². The maximum Gasteiger partial charge on any atom is 0.219 e. The zero-order valence-corrected chi connectivity index (χ0v) is 12.1. The van der Waals surface area contributed by atoms with Crippen molar-refractivity contribution in [2.45, 2.75) is 78.6 Å². The Labute approximate surface area is 108 Å². The van der Waals surface area contributed by atoms with Crippen molar-refractivity contribution >= 4 is 5.91 Å². The van der Waals surface area contributed by atoms with Crippen LogP contribution in [0.1, 0.15) is 78.6 Å². The van der Waals surface area contributed by atoms with Crippen molar-refractivity contribution in [3.63, 3.8) is 0 Å². The lowest BCUT2D eigenvalue weighted by Gasteiger charge is -2.05. The second-order valence-electron chi connectivity index (χ2n) is 5.40. The van der Waals surface area contributed by atoms with Gasteiger partial charge < -0.3 is 5.32 Å². The van der Waals surface area contributed by atoms with E-state index in [0.29, 0.717) is 6.42 Å². The van der Waals surface area contributed by atoms with Crippen LogP contribution in [0.3, 0.4) is 0 Å². The summed E-state index contributed by atoms with van der Waals surface area (Å²) in [6.07, 6.45) is 10.6. The van der Waals surface area contributed by atoms with Gasteiger partial charge in [0.2, 0.25) is 5.91 Å². The molecule has 1 N–H and O–H groups in total. The van der Waals surface area contributed by atoms with E-state index in [-0.39, 0.29) is 5.91 Å². The van der Waals surface area contributed by atoms with Crippen LogP contribution in [0.5, 0.6) is 0 Å². The highest BCUT2D eigenvalue weighted by Gasteiger charge is 1.99. The number of hydrogen-bond donors (Lipinski definition) is 1. The van der Waals surface area contributed by atoms with Gasteiger partial charge in [0.15, 0.2) is 0 Å². The van der Waals surface area contributed by atoms with Gasteiger partial charge in [0.1, 0.15) is 0 Å². The monoisotopic (exact) mass is 241 g/mol. The largest absolute Gasteiger partial charge is 0.356 e. The summed E-state index contributed by atoms with van der Waals surface area (Å²) in [5.74, 6) is 1.07. The normalized spacial score (nSPS) is 10.8. The standard InChI is InChI=1S/C15H31NO/c1-4-5-12-15(17)16-13-10-8-6-7-9-11-14(2)3/h14H,4-13H2,1-3H3,(H,16,17). The second kappa shape index (κ2) is 11.9. The molecule has 0 saturated heterocycles. The Balaban J connectivity index is 3.10. The minimum absolute atomic E-state index is 0.228. The lowest BCUT2D eigenvalue weighted by molar-refractivity contribution is -0.121. The molecule has 0 radical (unpaired) electrons. The smallest absolute Gasteiger partial charge is 0.219 e. The highest BCUT2D eigenvalue weighted by Crippen LogP contribution is 2.10. The highest BCUT2D eigenvalue weighted by molar-refractivity contribution is 5.75. The van der Waals surface area contributed by atoms with Crippen molar-refractivity contribution in [2.24, 2.45) is 5.92 Å². The van der Waals surface area contributed by atoms with E-state index >= 15 is 0 Å². The summed E-state index contributed by atoms with van der Waals surface area (Å²) in [5.41, 5.74) is 0. The average molecular weight is 241 g/mol. The van der Waals surface area contributed by atoms with Crippen LogP contribution in [0.15, 0.2) is 0 Å². The van der Waals surface area contributed by atoms with E-state index in [9.17, 15) is 4.79 Å². The summed E-state index contributed by atoms with van der Waals surface area (Å²) in [7, 11) is 0. The number of amides is 1. The summed E-state index contributed by atoms with van der Waals surface area (Å²) in [4.78, 5) is 11.3. The van der Waals surface area contributed by atoms with Gasteiger partial charge in [-0.15, -0.1) is 0 Å². The molecule has 17 heavy (non-hydrogen) atoms. The average Bonchev–Trinajstić information content (AvgIpc) is 2.29. The van der Waals surface area contributed by atoms with Gasteiger partial charge in [-0.25, -0.2) is 0 Å². The second-order valence-corrected chi connectivity index (χ2v) is 5.40. The first-order chi connectivity index (χ1) is 8.16. The van der Waals surface area contributed by atoms with Gasteiger partial charge in [0.25, 0.3) is 0 Å². The van der Waals surface area contributed by atoms with E-state index in [2.05, 4.69) is 26.1 Å². The fourth-order valence-electron chi connectivity index (χ4n) is 1.86. The minimum Gasteiger partial charge on any atom is -0.356 e. The predicted molar refractivity (Wildman–Crippen MR) is 75.1 cm³/mol. The zero-order chi connectivity index (χ0) is 12.9. The summed E-state index contributed by atoms with van der Waals surface area (Å²) >= 11 is 0. The summed E-state index contributed by atoms with van der Waals surface area (Å²) in [6.45, 7) is 7.55. The lowest BCUT2D eigenvalue weighted by atomic mass is 10.0. The maximum absolute atomic E-state index is 11.3. The third-order valence-corrected chi connectivity index (χ3v) is 3.04. The van der Waals surface area contributed by atoms with Crippen LogP contribution in [-0.2, 0) is 4.79 Å². The van der Waals surface area contributed by atoms with Gasteiger partial charge >= 0.3 is 0 Å². The summed E-state index contributed by atoms with van der Waals surface area (Å²) in [5, 5.41) is 2.99. The summed E-state index contributed by atoms with van der Waals surface area (Å²) in [6, 6.07) is 0. The first-order valence-corrected chi connectivity index (χ1v) is 7.43. The molecule has 0 aliphatic carbocycles. The minimum atomic E-state index is 0.228. The molecule has 102 valence electrons. The van der Waals surface area contributed by atoms with Gasteiger partial charge in [0, 0.05) is 13.0 Å². The fraction of sp³-hybridized carbons (Fsp3) is 0.933. The molecule has 0 aliphatic heterocycles. The van der Waals surface area contributed by atoms with Gasteiger partial charge in [-0.3, -0.25) is 4.79 Å². The van der Waals surface area contributed by atoms with Crippen molar-refractivity contribution < 1.29 is 4.79 Å². The molecule has 0 aromatic rings. The van der Waals surface area contributed by atoms with Crippen molar-refractivity contribution in [1.29, 1.82) is 0 Å². The van der Waals surface area contributed by atoms with E-state index in [0.717, 1.165) is 31.7 Å². The topological polar surface area (TPSA) is 29.1 Å². The molecule has 0 heterocycles. The first kappa shape index (κ1) is 16.5. The molecule has 0 aromatic carbocycles. The molecular weight excluding hydrogens is 210 g/mol. The van der Waals surface area contributed by atoms with Crippen LogP contribution in [0.2, 0.25) is 0 Å². The summed E-state index contributed by atoms with van der Waals surface area (Å²) < 4.78 is 0. The quantitative estimate of drug-likeness (QED) is 0.537. The highest BCUT2D eigenvalue weighted by atomic mass is 16.1. The number of nitrogens with one attached hydrogen (secondary N) is 1. The number of hydrogen-bond acceptors (Lipinski definition) is 1. The number of unbranched alkanes of at least 4 members (excludes halogenated alkanes) is 5. The van der Waals surface area contributed by atoms with Crippen molar-refractivity contribution in [3.8, 4) is 0 Å². The van der Waals surface area contributed by atoms with Crippen LogP contribution >= 0.6 is 0 Å². The Hall–Kier alpha value is -0.530. The van der Waals surface area contributed by atoms with E-state index < -0.39 is 0 Å². The number of carbonyl (C=O) groups is 1. The number of rotatable bonds is 11. The lowest BCUT2D eigenvalue weighted by Crippen LogP contribution is -2.23.